The van der Waals surface area contributed by atoms with E-state index in [1.54, 1.807) is 37.5 Å². The van der Waals surface area contributed by atoms with Gasteiger partial charge in [-0.05, 0) is 52.7 Å². The molecule has 4 nitrogen and oxygen atoms in total. The zero-order valence-corrected chi connectivity index (χ0v) is 11.1. The minimum absolute atomic E-state index is 0.273. The quantitative estimate of drug-likeness (QED) is 0.940. The summed E-state index contributed by atoms with van der Waals surface area (Å²) in [5.41, 5.74) is 0.928. The van der Waals surface area contributed by atoms with E-state index in [-0.39, 0.29) is 5.56 Å². The maximum Gasteiger partial charge on any atom is 0.335 e. The van der Waals surface area contributed by atoms with Gasteiger partial charge in [0.1, 0.15) is 11.5 Å². The van der Waals surface area contributed by atoms with Gasteiger partial charge in [0.05, 0.1) is 11.8 Å². The maximum atomic E-state index is 10.9. The Kier molecular flexibility index (Phi) is 3.62. The molecular formula is C13H10BrNO3. The highest BCUT2D eigenvalue weighted by atomic mass is 79.9. The predicted octanol–water partition coefficient (Wildman–Crippen LogP) is 3.64. The number of hydrogen-bond donors (Lipinski definition) is 1. The highest BCUT2D eigenvalue weighted by molar-refractivity contribution is 9.10. The lowest BCUT2D eigenvalue weighted by molar-refractivity contribution is 0.0696. The molecule has 92 valence electrons. The number of rotatable bonds is 3. The molecule has 5 heteroatoms. The highest BCUT2D eigenvalue weighted by Gasteiger charge is 2.08. The molecule has 2 aromatic rings. The van der Waals surface area contributed by atoms with Crippen molar-refractivity contribution in [3.63, 3.8) is 0 Å². The van der Waals surface area contributed by atoms with Crippen molar-refractivity contribution < 1.29 is 14.6 Å². The third-order valence-electron chi connectivity index (χ3n) is 2.34. The lowest BCUT2D eigenvalue weighted by Crippen LogP contribution is -1.99. The molecular weight excluding hydrogens is 298 g/mol. The molecule has 0 radical (unpaired) electrons. The minimum atomic E-state index is -0.942. The average Bonchev–Trinajstić information content (AvgIpc) is 2.28. The first-order valence-electron chi connectivity index (χ1n) is 5.18. The molecule has 0 aliphatic carbocycles. The molecule has 0 spiro atoms. The fraction of sp³-hybridized carbons (Fsp3) is 0.0769. The second-order valence-electron chi connectivity index (χ2n) is 3.72. The molecule has 0 aliphatic rings. The minimum Gasteiger partial charge on any atom is -0.478 e. The molecule has 0 saturated heterocycles. The number of ether oxygens (including phenoxy) is 1. The van der Waals surface area contributed by atoms with E-state index >= 15 is 0 Å². The second-order valence-corrected chi connectivity index (χ2v) is 4.64. The number of carboxylic acid groups (broad SMARTS) is 1. The van der Waals surface area contributed by atoms with Gasteiger partial charge in [0.15, 0.2) is 0 Å². The number of benzene rings is 1. The second kappa shape index (κ2) is 5.18. The summed E-state index contributed by atoms with van der Waals surface area (Å²) in [6.07, 6.45) is 3.25. The molecule has 1 aromatic carbocycles. The predicted molar refractivity (Wildman–Crippen MR) is 70.1 cm³/mol. The van der Waals surface area contributed by atoms with E-state index in [4.69, 9.17) is 9.84 Å². The van der Waals surface area contributed by atoms with Gasteiger partial charge < -0.3 is 9.84 Å². The van der Waals surface area contributed by atoms with E-state index < -0.39 is 5.97 Å². The SMILES string of the molecule is Cc1cc(Oc2cncc(Br)c2)ccc1C(=O)O. The summed E-state index contributed by atoms with van der Waals surface area (Å²) in [5, 5.41) is 8.93. The van der Waals surface area contributed by atoms with Crippen LogP contribution in [0.2, 0.25) is 0 Å². The Bertz CT molecular complexity index is 599. The highest BCUT2D eigenvalue weighted by Crippen LogP contribution is 2.25. The molecule has 1 heterocycles. The van der Waals surface area contributed by atoms with E-state index in [2.05, 4.69) is 20.9 Å². The smallest absolute Gasteiger partial charge is 0.335 e. The van der Waals surface area contributed by atoms with Crippen molar-refractivity contribution in [2.45, 2.75) is 6.92 Å². The van der Waals surface area contributed by atoms with Crippen LogP contribution in [0.1, 0.15) is 15.9 Å². The van der Waals surface area contributed by atoms with Crippen molar-refractivity contribution in [1.29, 1.82) is 0 Å². The van der Waals surface area contributed by atoms with E-state index in [0.717, 1.165) is 4.47 Å². The van der Waals surface area contributed by atoms with Crippen molar-refractivity contribution >= 4 is 21.9 Å². The number of carboxylic acids is 1. The normalized spacial score (nSPS) is 10.1. The molecule has 0 bridgehead atoms. The van der Waals surface area contributed by atoms with Crippen molar-refractivity contribution in [1.82, 2.24) is 4.98 Å². The van der Waals surface area contributed by atoms with Crippen LogP contribution in [-0.2, 0) is 0 Å². The summed E-state index contributed by atoms with van der Waals surface area (Å²) in [5.74, 6) is 0.229. The van der Waals surface area contributed by atoms with Crippen molar-refractivity contribution in [2.75, 3.05) is 0 Å². The lowest BCUT2D eigenvalue weighted by Gasteiger charge is -2.07. The van der Waals surface area contributed by atoms with Crippen molar-refractivity contribution in [3.05, 3.63) is 52.3 Å². The first-order valence-corrected chi connectivity index (χ1v) is 5.98. The monoisotopic (exact) mass is 307 g/mol. The summed E-state index contributed by atoms with van der Waals surface area (Å²) >= 11 is 3.30. The molecule has 0 atom stereocenters. The van der Waals surface area contributed by atoms with Gasteiger partial charge in [-0.2, -0.15) is 0 Å². The maximum absolute atomic E-state index is 10.9. The fourth-order valence-electron chi connectivity index (χ4n) is 1.52. The van der Waals surface area contributed by atoms with Gasteiger partial charge >= 0.3 is 5.97 Å². The molecule has 2 rings (SSSR count). The average molecular weight is 308 g/mol. The fourth-order valence-corrected chi connectivity index (χ4v) is 1.87. The lowest BCUT2D eigenvalue weighted by atomic mass is 10.1. The topological polar surface area (TPSA) is 59.4 Å². The summed E-state index contributed by atoms with van der Waals surface area (Å²) in [7, 11) is 0. The third-order valence-corrected chi connectivity index (χ3v) is 2.78. The van der Waals surface area contributed by atoms with Gasteiger partial charge in [-0.15, -0.1) is 0 Å². The first-order chi connectivity index (χ1) is 8.56. The Balaban J connectivity index is 2.25. The summed E-state index contributed by atoms with van der Waals surface area (Å²) in [6.45, 7) is 1.73. The summed E-state index contributed by atoms with van der Waals surface area (Å²) in [4.78, 5) is 14.9. The number of halogens is 1. The molecule has 18 heavy (non-hydrogen) atoms. The van der Waals surface area contributed by atoms with Crippen LogP contribution in [0.15, 0.2) is 41.1 Å². The number of aryl methyl sites for hydroxylation is 1. The van der Waals surface area contributed by atoms with Crippen molar-refractivity contribution in [2.24, 2.45) is 0 Å². The van der Waals surface area contributed by atoms with Gasteiger partial charge in [0, 0.05) is 10.7 Å². The standard InChI is InChI=1S/C13H10BrNO3/c1-8-4-10(2-3-12(8)13(16)17)18-11-5-9(14)6-15-7-11/h2-7H,1H3,(H,16,17). The van der Waals surface area contributed by atoms with Crippen LogP contribution >= 0.6 is 15.9 Å². The largest absolute Gasteiger partial charge is 0.478 e. The van der Waals surface area contributed by atoms with Crippen LogP contribution in [0.3, 0.4) is 0 Å². The summed E-state index contributed by atoms with van der Waals surface area (Å²) in [6, 6.07) is 6.62. The first kappa shape index (κ1) is 12.6. The number of nitrogens with zero attached hydrogens (tertiary/aromatic N) is 1. The van der Waals surface area contributed by atoms with Crippen LogP contribution in [0.25, 0.3) is 0 Å². The Morgan fingerprint density at radius 1 is 1.28 bits per heavy atom. The van der Waals surface area contributed by atoms with Gasteiger partial charge in [0.2, 0.25) is 0 Å². The van der Waals surface area contributed by atoms with Gasteiger partial charge in [0.25, 0.3) is 0 Å². The molecule has 1 N–H and O–H groups in total. The van der Waals surface area contributed by atoms with Crippen LogP contribution in [0.5, 0.6) is 11.5 Å². The van der Waals surface area contributed by atoms with Gasteiger partial charge in [-0.3, -0.25) is 4.98 Å². The zero-order valence-electron chi connectivity index (χ0n) is 9.55. The molecule has 0 aliphatic heterocycles. The molecule has 0 saturated carbocycles. The molecule has 0 unspecified atom stereocenters. The Morgan fingerprint density at radius 3 is 2.67 bits per heavy atom. The van der Waals surface area contributed by atoms with Crippen LogP contribution < -0.4 is 4.74 Å². The van der Waals surface area contributed by atoms with Crippen LogP contribution in [0, 0.1) is 6.92 Å². The number of pyridine rings is 1. The van der Waals surface area contributed by atoms with Gasteiger partial charge in [-0.1, -0.05) is 0 Å². The Labute approximate surface area is 112 Å². The van der Waals surface area contributed by atoms with E-state index in [1.807, 2.05) is 0 Å². The zero-order chi connectivity index (χ0) is 13.1. The number of aromatic carboxylic acids is 1. The van der Waals surface area contributed by atoms with E-state index in [9.17, 15) is 4.79 Å². The third kappa shape index (κ3) is 2.87. The number of carbonyl (C=O) groups is 1. The number of hydrogen-bond acceptors (Lipinski definition) is 3. The van der Waals surface area contributed by atoms with E-state index in [0.29, 0.717) is 17.1 Å². The summed E-state index contributed by atoms with van der Waals surface area (Å²) < 4.78 is 6.41. The van der Waals surface area contributed by atoms with Crippen LogP contribution in [-0.4, -0.2) is 16.1 Å². The Hall–Kier alpha value is -1.88. The van der Waals surface area contributed by atoms with E-state index in [1.165, 1.54) is 6.07 Å². The Morgan fingerprint density at radius 2 is 2.06 bits per heavy atom. The van der Waals surface area contributed by atoms with Crippen LogP contribution in [0.4, 0.5) is 0 Å². The molecule has 0 fully saturated rings. The van der Waals surface area contributed by atoms with Gasteiger partial charge in [-0.25, -0.2) is 4.79 Å². The van der Waals surface area contributed by atoms with Crippen molar-refractivity contribution in [3.8, 4) is 11.5 Å². The molecule has 1 aromatic heterocycles. The molecule has 0 amide bonds. The number of aromatic nitrogens is 1.